The molecule has 2 aliphatic rings. The summed E-state index contributed by atoms with van der Waals surface area (Å²) in [7, 11) is 0. The van der Waals surface area contributed by atoms with Crippen molar-refractivity contribution in [3.8, 4) is 0 Å². The second kappa shape index (κ2) is 3.77. The molecule has 0 spiro atoms. The van der Waals surface area contributed by atoms with Crippen molar-refractivity contribution in [1.29, 1.82) is 0 Å². The van der Waals surface area contributed by atoms with Crippen LogP contribution < -0.4 is 5.32 Å². The SMILES string of the molecule is CC12Cc3c(sc4ccccc34)C=C1Nc1ccccc12. The van der Waals surface area contributed by atoms with Crippen molar-refractivity contribution in [2.45, 2.75) is 18.8 Å². The van der Waals surface area contributed by atoms with Gasteiger partial charge in [0.05, 0.1) is 0 Å². The van der Waals surface area contributed by atoms with Gasteiger partial charge in [-0.2, -0.15) is 0 Å². The summed E-state index contributed by atoms with van der Waals surface area (Å²) in [5.74, 6) is 0. The van der Waals surface area contributed by atoms with E-state index in [4.69, 9.17) is 0 Å². The Morgan fingerprint density at radius 3 is 2.81 bits per heavy atom. The second-order valence-corrected chi connectivity index (χ2v) is 7.26. The maximum Gasteiger partial charge on any atom is 0.0424 e. The van der Waals surface area contributed by atoms with Gasteiger partial charge in [0.15, 0.2) is 0 Å². The number of benzene rings is 2. The van der Waals surface area contributed by atoms with E-state index in [-0.39, 0.29) is 5.41 Å². The maximum atomic E-state index is 3.63. The molecule has 0 amide bonds. The van der Waals surface area contributed by atoms with Gasteiger partial charge in [0, 0.05) is 26.4 Å². The number of rotatable bonds is 0. The molecule has 3 aromatic rings. The van der Waals surface area contributed by atoms with Crippen LogP contribution in [0.25, 0.3) is 16.2 Å². The van der Waals surface area contributed by atoms with Crippen LogP contribution in [-0.2, 0) is 11.8 Å². The Kier molecular flexibility index (Phi) is 2.08. The topological polar surface area (TPSA) is 12.0 Å². The Morgan fingerprint density at radius 1 is 1.05 bits per heavy atom. The average Bonchev–Trinajstić information content (AvgIpc) is 2.99. The molecule has 2 heterocycles. The molecule has 21 heavy (non-hydrogen) atoms. The molecule has 1 N–H and O–H groups in total. The maximum absolute atomic E-state index is 3.63. The summed E-state index contributed by atoms with van der Waals surface area (Å²) in [6.07, 6.45) is 3.45. The molecule has 0 radical (unpaired) electrons. The molecule has 5 rings (SSSR count). The molecule has 1 nitrogen and oxygen atoms in total. The molecule has 102 valence electrons. The first-order chi connectivity index (χ1) is 10.3. The number of thiophene rings is 1. The molecule has 0 bridgehead atoms. The molecule has 1 atom stereocenters. The lowest BCUT2D eigenvalue weighted by Gasteiger charge is -2.30. The van der Waals surface area contributed by atoms with Gasteiger partial charge in [0.2, 0.25) is 0 Å². The molecule has 0 saturated heterocycles. The number of hydrogen-bond donors (Lipinski definition) is 1. The number of nitrogens with one attached hydrogen (secondary N) is 1. The lowest BCUT2D eigenvalue weighted by atomic mass is 9.73. The van der Waals surface area contributed by atoms with E-state index in [1.807, 2.05) is 11.3 Å². The monoisotopic (exact) mass is 289 g/mol. The van der Waals surface area contributed by atoms with Crippen LogP contribution in [0.4, 0.5) is 5.69 Å². The van der Waals surface area contributed by atoms with Crippen molar-refractivity contribution >= 4 is 33.2 Å². The van der Waals surface area contributed by atoms with Gasteiger partial charge in [-0.05, 0) is 48.1 Å². The molecule has 0 saturated carbocycles. The van der Waals surface area contributed by atoms with Gasteiger partial charge in [-0.15, -0.1) is 11.3 Å². The minimum absolute atomic E-state index is 0.0907. The Bertz CT molecular complexity index is 918. The Balaban J connectivity index is 1.78. The van der Waals surface area contributed by atoms with Crippen molar-refractivity contribution in [3.63, 3.8) is 0 Å². The van der Waals surface area contributed by atoms with Crippen LogP contribution in [-0.4, -0.2) is 0 Å². The summed E-state index contributed by atoms with van der Waals surface area (Å²) >= 11 is 1.91. The Labute approximate surface area is 127 Å². The zero-order valence-corrected chi connectivity index (χ0v) is 12.6. The van der Waals surface area contributed by atoms with E-state index in [1.165, 1.54) is 37.5 Å². The highest BCUT2D eigenvalue weighted by Gasteiger charge is 2.42. The molecule has 1 aliphatic carbocycles. The van der Waals surface area contributed by atoms with E-state index in [9.17, 15) is 0 Å². The molecule has 2 aromatic carbocycles. The zero-order chi connectivity index (χ0) is 14.0. The first kappa shape index (κ1) is 11.6. The second-order valence-electron chi connectivity index (χ2n) is 6.18. The van der Waals surface area contributed by atoms with Crippen LogP contribution >= 0.6 is 11.3 Å². The van der Waals surface area contributed by atoms with Crippen LogP contribution in [0.5, 0.6) is 0 Å². The summed E-state index contributed by atoms with van der Waals surface area (Å²) in [5.41, 5.74) is 5.65. The minimum atomic E-state index is 0.0907. The summed E-state index contributed by atoms with van der Waals surface area (Å²) in [5, 5.41) is 5.06. The molecule has 0 fully saturated rings. The first-order valence-corrected chi connectivity index (χ1v) is 8.16. The molecular weight excluding hydrogens is 274 g/mol. The third kappa shape index (κ3) is 1.41. The normalized spacial score (nSPS) is 22.2. The fourth-order valence-electron chi connectivity index (χ4n) is 3.79. The number of hydrogen-bond acceptors (Lipinski definition) is 2. The molecule has 1 unspecified atom stereocenters. The molecule has 1 aliphatic heterocycles. The fourth-order valence-corrected chi connectivity index (χ4v) is 4.96. The highest BCUT2D eigenvalue weighted by Crippen LogP contribution is 2.51. The first-order valence-electron chi connectivity index (χ1n) is 7.35. The largest absolute Gasteiger partial charge is 0.358 e. The summed E-state index contributed by atoms with van der Waals surface area (Å²) in [6.45, 7) is 2.37. The fraction of sp³-hybridized carbons (Fsp3) is 0.158. The van der Waals surface area contributed by atoms with E-state index in [0.29, 0.717) is 0 Å². The number of para-hydroxylation sites is 1. The average molecular weight is 289 g/mol. The van der Waals surface area contributed by atoms with Crippen molar-refractivity contribution in [1.82, 2.24) is 0 Å². The third-order valence-electron chi connectivity index (χ3n) is 4.92. The van der Waals surface area contributed by atoms with Gasteiger partial charge in [0.25, 0.3) is 0 Å². The highest BCUT2D eigenvalue weighted by molar-refractivity contribution is 7.20. The van der Waals surface area contributed by atoms with Gasteiger partial charge < -0.3 is 5.32 Å². The van der Waals surface area contributed by atoms with Gasteiger partial charge in [-0.25, -0.2) is 0 Å². The van der Waals surface area contributed by atoms with E-state index >= 15 is 0 Å². The van der Waals surface area contributed by atoms with Crippen molar-refractivity contribution in [2.24, 2.45) is 0 Å². The van der Waals surface area contributed by atoms with Crippen LogP contribution in [0.15, 0.2) is 54.2 Å². The van der Waals surface area contributed by atoms with E-state index < -0.39 is 0 Å². The van der Waals surface area contributed by atoms with Crippen molar-refractivity contribution < 1.29 is 0 Å². The van der Waals surface area contributed by atoms with E-state index in [1.54, 1.807) is 0 Å². The van der Waals surface area contributed by atoms with Crippen molar-refractivity contribution in [3.05, 3.63) is 70.2 Å². The molecule has 2 heteroatoms. The van der Waals surface area contributed by atoms with Crippen LogP contribution in [0, 0.1) is 0 Å². The van der Waals surface area contributed by atoms with Gasteiger partial charge >= 0.3 is 0 Å². The van der Waals surface area contributed by atoms with Crippen molar-refractivity contribution in [2.75, 3.05) is 5.32 Å². The summed E-state index contributed by atoms with van der Waals surface area (Å²) < 4.78 is 1.40. The number of anilines is 1. The lowest BCUT2D eigenvalue weighted by molar-refractivity contribution is 0.578. The van der Waals surface area contributed by atoms with Crippen LogP contribution in [0.2, 0.25) is 0 Å². The molecule has 1 aromatic heterocycles. The van der Waals surface area contributed by atoms with E-state index in [0.717, 1.165) is 6.42 Å². The highest BCUT2D eigenvalue weighted by atomic mass is 32.1. The summed E-state index contributed by atoms with van der Waals surface area (Å²) in [4.78, 5) is 1.42. The van der Waals surface area contributed by atoms with Gasteiger partial charge in [-0.1, -0.05) is 36.4 Å². The smallest absolute Gasteiger partial charge is 0.0424 e. The quantitative estimate of drug-likeness (QED) is 0.601. The van der Waals surface area contributed by atoms with Gasteiger partial charge in [-0.3, -0.25) is 0 Å². The number of allylic oxidation sites excluding steroid dienone is 1. The Morgan fingerprint density at radius 2 is 1.86 bits per heavy atom. The summed E-state index contributed by atoms with van der Waals surface area (Å²) in [6, 6.07) is 17.5. The minimum Gasteiger partial charge on any atom is -0.358 e. The van der Waals surface area contributed by atoms with Crippen LogP contribution in [0.3, 0.4) is 0 Å². The third-order valence-corrected chi connectivity index (χ3v) is 6.08. The van der Waals surface area contributed by atoms with Crippen LogP contribution in [0.1, 0.15) is 22.9 Å². The zero-order valence-electron chi connectivity index (χ0n) is 11.8. The Hall–Kier alpha value is -2.06. The lowest BCUT2D eigenvalue weighted by Crippen LogP contribution is -2.27. The predicted octanol–water partition coefficient (Wildman–Crippen LogP) is 5.18. The molecular formula is C19H15NS. The standard InChI is InChI=1S/C19H15NS/c1-19-11-13-12-6-2-5-9-16(12)21-17(13)10-18(19)20-15-8-4-3-7-14(15)19/h2-10,20H,11H2,1H3. The number of fused-ring (bicyclic) bond motifs is 6. The predicted molar refractivity (Wildman–Crippen MR) is 90.9 cm³/mol. The van der Waals surface area contributed by atoms with Gasteiger partial charge in [0.1, 0.15) is 0 Å². The van der Waals surface area contributed by atoms with E-state index in [2.05, 4.69) is 66.8 Å².